The molecule has 2 heterocycles. The summed E-state index contributed by atoms with van der Waals surface area (Å²) in [5, 5.41) is 6.57. The van der Waals surface area contributed by atoms with Gasteiger partial charge in [-0.3, -0.25) is 0 Å². The van der Waals surface area contributed by atoms with Crippen molar-refractivity contribution in [3.05, 3.63) is 32.9 Å². The molecule has 0 bridgehead atoms. The van der Waals surface area contributed by atoms with E-state index in [1.807, 2.05) is 11.0 Å². The SMILES string of the molecule is Brc1csc(Cn2cnc(C3CC3)n2)c1. The number of halogens is 1. The Kier molecular flexibility index (Phi) is 2.36. The lowest BCUT2D eigenvalue weighted by molar-refractivity contribution is 0.679. The van der Waals surface area contributed by atoms with E-state index in [1.54, 1.807) is 11.3 Å². The standard InChI is InChI=1S/C10H10BrN3S/c11-8-3-9(15-5-8)4-14-6-12-10(13-14)7-1-2-7/h3,5-7H,1-2,4H2. The molecule has 1 aliphatic rings. The maximum atomic E-state index is 4.47. The summed E-state index contributed by atoms with van der Waals surface area (Å²) in [6.07, 6.45) is 4.35. The maximum Gasteiger partial charge on any atom is 0.153 e. The molecule has 0 spiro atoms. The molecule has 2 aromatic heterocycles. The minimum absolute atomic E-state index is 0.640. The number of rotatable bonds is 3. The molecule has 0 aliphatic heterocycles. The fourth-order valence-electron chi connectivity index (χ4n) is 1.51. The molecule has 1 fully saturated rings. The molecule has 0 amide bonds. The van der Waals surface area contributed by atoms with Crippen LogP contribution in [0.15, 0.2) is 22.2 Å². The molecule has 78 valence electrons. The molecule has 3 nitrogen and oxygen atoms in total. The van der Waals surface area contributed by atoms with Crippen LogP contribution in [0, 0.1) is 0 Å². The van der Waals surface area contributed by atoms with Gasteiger partial charge in [0.2, 0.25) is 0 Å². The molecule has 0 radical (unpaired) electrons. The zero-order chi connectivity index (χ0) is 10.3. The van der Waals surface area contributed by atoms with E-state index in [9.17, 15) is 0 Å². The first-order valence-electron chi connectivity index (χ1n) is 4.93. The molecule has 0 unspecified atom stereocenters. The Hall–Kier alpha value is -0.680. The van der Waals surface area contributed by atoms with Crippen molar-refractivity contribution in [1.82, 2.24) is 14.8 Å². The third-order valence-corrected chi connectivity index (χ3v) is 4.12. The van der Waals surface area contributed by atoms with Crippen LogP contribution in [0.25, 0.3) is 0 Å². The second-order valence-electron chi connectivity index (χ2n) is 3.81. The van der Waals surface area contributed by atoms with E-state index in [0.717, 1.165) is 16.8 Å². The smallest absolute Gasteiger partial charge is 0.153 e. The summed E-state index contributed by atoms with van der Waals surface area (Å²) in [7, 11) is 0. The predicted molar refractivity (Wildman–Crippen MR) is 63.1 cm³/mol. The zero-order valence-corrected chi connectivity index (χ0v) is 10.5. The fourth-order valence-corrected chi connectivity index (χ4v) is 2.95. The van der Waals surface area contributed by atoms with Gasteiger partial charge in [-0.05, 0) is 34.8 Å². The summed E-state index contributed by atoms with van der Waals surface area (Å²) in [5.41, 5.74) is 0. The van der Waals surface area contributed by atoms with Crippen LogP contribution in [0.3, 0.4) is 0 Å². The van der Waals surface area contributed by atoms with Crippen molar-refractivity contribution in [2.75, 3.05) is 0 Å². The minimum atomic E-state index is 0.640. The normalized spacial score (nSPS) is 15.8. The molecule has 0 saturated heterocycles. The Morgan fingerprint density at radius 1 is 1.53 bits per heavy atom. The summed E-state index contributed by atoms with van der Waals surface area (Å²) < 4.78 is 3.07. The lowest BCUT2D eigenvalue weighted by atomic mass is 10.4. The molecule has 0 atom stereocenters. The van der Waals surface area contributed by atoms with Gasteiger partial charge >= 0.3 is 0 Å². The average molecular weight is 284 g/mol. The third kappa shape index (κ3) is 2.13. The van der Waals surface area contributed by atoms with Gasteiger partial charge in [-0.1, -0.05) is 0 Å². The van der Waals surface area contributed by atoms with Crippen LogP contribution in [0.5, 0.6) is 0 Å². The average Bonchev–Trinajstić information content (AvgIpc) is 2.84. The number of nitrogens with zero attached hydrogens (tertiary/aromatic N) is 3. The Balaban J connectivity index is 1.75. The Morgan fingerprint density at radius 3 is 3.07 bits per heavy atom. The molecule has 0 aromatic carbocycles. The molecule has 0 N–H and O–H groups in total. The molecule has 15 heavy (non-hydrogen) atoms. The molecular formula is C10H10BrN3S. The first-order chi connectivity index (χ1) is 7.31. The van der Waals surface area contributed by atoms with Crippen LogP contribution in [0.1, 0.15) is 29.5 Å². The van der Waals surface area contributed by atoms with Gasteiger partial charge in [-0.2, -0.15) is 5.10 Å². The van der Waals surface area contributed by atoms with Gasteiger partial charge in [0.15, 0.2) is 5.82 Å². The molecule has 1 aliphatic carbocycles. The van der Waals surface area contributed by atoms with E-state index in [-0.39, 0.29) is 0 Å². The number of hydrogen-bond acceptors (Lipinski definition) is 3. The van der Waals surface area contributed by atoms with Crippen molar-refractivity contribution >= 4 is 27.3 Å². The summed E-state index contributed by atoms with van der Waals surface area (Å²) in [6, 6.07) is 2.13. The van der Waals surface area contributed by atoms with E-state index in [0.29, 0.717) is 5.92 Å². The van der Waals surface area contributed by atoms with Crippen LogP contribution in [-0.2, 0) is 6.54 Å². The third-order valence-electron chi connectivity index (χ3n) is 2.44. The van der Waals surface area contributed by atoms with Crippen LogP contribution in [-0.4, -0.2) is 14.8 Å². The van der Waals surface area contributed by atoms with Crippen LogP contribution in [0.2, 0.25) is 0 Å². The highest BCUT2D eigenvalue weighted by molar-refractivity contribution is 9.10. The first kappa shape index (κ1) is 9.54. The lowest BCUT2D eigenvalue weighted by Gasteiger charge is -1.95. The van der Waals surface area contributed by atoms with E-state index < -0.39 is 0 Å². The molecule has 1 saturated carbocycles. The molecule has 5 heteroatoms. The number of thiophene rings is 1. The van der Waals surface area contributed by atoms with Crippen molar-refractivity contribution in [1.29, 1.82) is 0 Å². The van der Waals surface area contributed by atoms with Crippen LogP contribution < -0.4 is 0 Å². The topological polar surface area (TPSA) is 30.7 Å². The monoisotopic (exact) mass is 283 g/mol. The van der Waals surface area contributed by atoms with Crippen LogP contribution in [0.4, 0.5) is 0 Å². The van der Waals surface area contributed by atoms with Crippen molar-refractivity contribution in [2.45, 2.75) is 25.3 Å². The van der Waals surface area contributed by atoms with Gasteiger partial charge < -0.3 is 0 Å². The molecule has 2 aromatic rings. The van der Waals surface area contributed by atoms with Crippen molar-refractivity contribution in [3.63, 3.8) is 0 Å². The zero-order valence-electron chi connectivity index (χ0n) is 8.06. The number of hydrogen-bond donors (Lipinski definition) is 0. The van der Waals surface area contributed by atoms with E-state index in [1.165, 1.54) is 17.7 Å². The highest BCUT2D eigenvalue weighted by atomic mass is 79.9. The summed E-state index contributed by atoms with van der Waals surface area (Å²) >= 11 is 5.19. The number of aromatic nitrogens is 3. The van der Waals surface area contributed by atoms with Gasteiger partial charge in [0, 0.05) is 20.6 Å². The van der Waals surface area contributed by atoms with E-state index in [2.05, 4.69) is 37.5 Å². The Bertz CT molecular complexity index is 472. The van der Waals surface area contributed by atoms with Crippen LogP contribution >= 0.6 is 27.3 Å². The highest BCUT2D eigenvalue weighted by Crippen LogP contribution is 2.37. The minimum Gasteiger partial charge on any atom is -0.247 e. The van der Waals surface area contributed by atoms with Crippen molar-refractivity contribution < 1.29 is 0 Å². The summed E-state index contributed by atoms with van der Waals surface area (Å²) in [4.78, 5) is 5.63. The molecule has 3 rings (SSSR count). The van der Waals surface area contributed by atoms with Gasteiger partial charge in [-0.25, -0.2) is 9.67 Å². The van der Waals surface area contributed by atoms with Gasteiger partial charge in [0.1, 0.15) is 6.33 Å². The van der Waals surface area contributed by atoms with Crippen molar-refractivity contribution in [3.8, 4) is 0 Å². The molecular weight excluding hydrogens is 274 g/mol. The predicted octanol–water partition coefficient (Wildman–Crippen LogP) is 3.03. The quantitative estimate of drug-likeness (QED) is 0.867. The van der Waals surface area contributed by atoms with Gasteiger partial charge in [-0.15, -0.1) is 11.3 Å². The summed E-state index contributed by atoms with van der Waals surface area (Å²) in [5.74, 6) is 1.66. The van der Waals surface area contributed by atoms with Gasteiger partial charge in [0.05, 0.1) is 6.54 Å². The Morgan fingerprint density at radius 2 is 2.40 bits per heavy atom. The maximum absolute atomic E-state index is 4.47. The summed E-state index contributed by atoms with van der Waals surface area (Å²) in [6.45, 7) is 0.829. The first-order valence-corrected chi connectivity index (χ1v) is 6.61. The highest BCUT2D eigenvalue weighted by Gasteiger charge is 2.27. The van der Waals surface area contributed by atoms with E-state index >= 15 is 0 Å². The Labute approximate surface area is 100 Å². The largest absolute Gasteiger partial charge is 0.247 e. The van der Waals surface area contributed by atoms with Gasteiger partial charge in [0.25, 0.3) is 0 Å². The second-order valence-corrected chi connectivity index (χ2v) is 5.72. The fraction of sp³-hybridized carbons (Fsp3) is 0.400. The van der Waals surface area contributed by atoms with E-state index in [4.69, 9.17) is 0 Å². The van der Waals surface area contributed by atoms with Crippen molar-refractivity contribution in [2.24, 2.45) is 0 Å². The second kappa shape index (κ2) is 3.72. The lowest BCUT2D eigenvalue weighted by Crippen LogP contribution is -1.98.